The number of aromatic nitrogens is 2. The van der Waals surface area contributed by atoms with E-state index in [9.17, 15) is 5.11 Å². The maximum Gasteiger partial charge on any atom is 0.229 e. The number of phenols is 1. The minimum Gasteiger partial charge on any atom is -0.506 e. The SMILES string of the molecule is Cc1c(N=Cc2cc(Br)cc(Cl)c2O)cccc1-c1nc2ncccc2o1. The van der Waals surface area contributed by atoms with Crippen molar-refractivity contribution in [1.82, 2.24) is 9.97 Å². The van der Waals surface area contributed by atoms with Gasteiger partial charge in [-0.15, -0.1) is 0 Å². The normalized spacial score (nSPS) is 11.5. The second-order valence-electron chi connectivity index (χ2n) is 5.88. The van der Waals surface area contributed by atoms with Crippen LogP contribution < -0.4 is 0 Å². The third kappa shape index (κ3) is 3.46. The molecule has 2 aromatic heterocycles. The van der Waals surface area contributed by atoms with Crippen molar-refractivity contribution >= 4 is 50.7 Å². The molecule has 0 aliphatic heterocycles. The first-order chi connectivity index (χ1) is 13.0. The Kier molecular flexibility index (Phi) is 4.68. The number of aliphatic imine (C=N–C) groups is 1. The molecule has 7 heteroatoms. The summed E-state index contributed by atoms with van der Waals surface area (Å²) in [5.41, 5.74) is 4.19. The number of phenolic OH excluding ortho intramolecular Hbond substituents is 1. The number of fused-ring (bicyclic) bond motifs is 1. The molecular weight excluding hydrogens is 430 g/mol. The molecule has 2 aromatic carbocycles. The summed E-state index contributed by atoms with van der Waals surface area (Å²) in [6.07, 6.45) is 3.25. The average molecular weight is 443 g/mol. The third-order valence-corrected chi connectivity index (χ3v) is 4.85. The first kappa shape index (κ1) is 17.7. The van der Waals surface area contributed by atoms with Gasteiger partial charge in [-0.2, -0.15) is 4.98 Å². The fourth-order valence-electron chi connectivity index (χ4n) is 2.70. The number of pyridine rings is 1. The Balaban J connectivity index is 1.74. The van der Waals surface area contributed by atoms with Crippen LogP contribution in [0.5, 0.6) is 5.75 Å². The fraction of sp³-hybridized carbons (Fsp3) is 0.0500. The monoisotopic (exact) mass is 441 g/mol. The van der Waals surface area contributed by atoms with E-state index in [0.717, 1.165) is 21.3 Å². The lowest BCUT2D eigenvalue weighted by atomic mass is 10.1. The van der Waals surface area contributed by atoms with Crippen molar-refractivity contribution in [3.8, 4) is 17.2 Å². The van der Waals surface area contributed by atoms with Crippen LogP contribution in [0, 0.1) is 6.92 Å². The van der Waals surface area contributed by atoms with Crippen LogP contribution in [-0.2, 0) is 0 Å². The molecule has 1 N–H and O–H groups in total. The number of hydrogen-bond acceptors (Lipinski definition) is 5. The molecule has 4 aromatic rings. The van der Waals surface area contributed by atoms with E-state index in [4.69, 9.17) is 16.0 Å². The van der Waals surface area contributed by atoms with E-state index in [0.29, 0.717) is 22.7 Å². The van der Waals surface area contributed by atoms with Crippen molar-refractivity contribution in [2.24, 2.45) is 4.99 Å². The van der Waals surface area contributed by atoms with Crippen molar-refractivity contribution in [2.45, 2.75) is 6.92 Å². The highest BCUT2D eigenvalue weighted by molar-refractivity contribution is 9.10. The Hall–Kier alpha value is -2.70. The van der Waals surface area contributed by atoms with Gasteiger partial charge in [-0.3, -0.25) is 4.99 Å². The Labute approximate surface area is 168 Å². The van der Waals surface area contributed by atoms with Crippen LogP contribution in [0.1, 0.15) is 11.1 Å². The van der Waals surface area contributed by atoms with E-state index >= 15 is 0 Å². The smallest absolute Gasteiger partial charge is 0.229 e. The van der Waals surface area contributed by atoms with Gasteiger partial charge in [0.2, 0.25) is 5.89 Å². The van der Waals surface area contributed by atoms with Crippen molar-refractivity contribution < 1.29 is 9.52 Å². The zero-order valence-electron chi connectivity index (χ0n) is 14.1. The molecule has 0 saturated carbocycles. The molecule has 0 aliphatic rings. The molecule has 4 rings (SSSR count). The van der Waals surface area contributed by atoms with Gasteiger partial charge in [-0.05, 0) is 48.9 Å². The van der Waals surface area contributed by atoms with Crippen molar-refractivity contribution in [3.63, 3.8) is 0 Å². The van der Waals surface area contributed by atoms with Crippen molar-refractivity contribution in [2.75, 3.05) is 0 Å². The molecule has 0 bridgehead atoms. The fourth-order valence-corrected chi connectivity index (χ4v) is 3.54. The van der Waals surface area contributed by atoms with Gasteiger partial charge in [0.25, 0.3) is 0 Å². The maximum absolute atomic E-state index is 10.1. The molecule has 0 unspecified atom stereocenters. The molecule has 0 aliphatic carbocycles. The predicted molar refractivity (Wildman–Crippen MR) is 110 cm³/mol. The molecule has 0 spiro atoms. The Morgan fingerprint density at radius 3 is 2.89 bits per heavy atom. The van der Waals surface area contributed by atoms with Crippen LogP contribution in [0.3, 0.4) is 0 Å². The molecule has 2 heterocycles. The summed E-state index contributed by atoms with van der Waals surface area (Å²) < 4.78 is 6.57. The van der Waals surface area contributed by atoms with E-state index in [2.05, 4.69) is 30.9 Å². The van der Waals surface area contributed by atoms with Crippen LogP contribution >= 0.6 is 27.5 Å². The van der Waals surface area contributed by atoms with Crippen molar-refractivity contribution in [1.29, 1.82) is 0 Å². The van der Waals surface area contributed by atoms with Crippen LogP contribution in [0.25, 0.3) is 22.7 Å². The van der Waals surface area contributed by atoms with Gasteiger partial charge >= 0.3 is 0 Å². The number of aromatic hydroxyl groups is 1. The minimum atomic E-state index is -0.0116. The number of oxazole rings is 1. The van der Waals surface area contributed by atoms with Crippen LogP contribution in [0.15, 0.2) is 62.5 Å². The van der Waals surface area contributed by atoms with E-state index in [1.165, 1.54) is 0 Å². The highest BCUT2D eigenvalue weighted by atomic mass is 79.9. The van der Waals surface area contributed by atoms with Gasteiger partial charge in [0, 0.05) is 28.0 Å². The topological polar surface area (TPSA) is 71.5 Å². The number of nitrogens with zero attached hydrogens (tertiary/aromatic N) is 3. The molecule has 0 amide bonds. The summed E-state index contributed by atoms with van der Waals surface area (Å²) in [6, 6.07) is 12.7. The lowest BCUT2D eigenvalue weighted by Gasteiger charge is -2.06. The van der Waals surface area contributed by atoms with Crippen LogP contribution in [0.4, 0.5) is 5.69 Å². The summed E-state index contributed by atoms with van der Waals surface area (Å²) in [4.78, 5) is 13.2. The summed E-state index contributed by atoms with van der Waals surface area (Å²) in [6.45, 7) is 1.94. The second-order valence-corrected chi connectivity index (χ2v) is 7.20. The van der Waals surface area contributed by atoms with Crippen molar-refractivity contribution in [3.05, 3.63) is 69.3 Å². The van der Waals surface area contributed by atoms with Gasteiger partial charge in [0.1, 0.15) is 5.75 Å². The van der Waals surface area contributed by atoms with Gasteiger partial charge in [-0.1, -0.05) is 33.6 Å². The van der Waals surface area contributed by atoms with E-state index in [1.807, 2.05) is 31.2 Å². The first-order valence-electron chi connectivity index (χ1n) is 8.06. The zero-order valence-corrected chi connectivity index (χ0v) is 16.5. The molecule has 0 radical (unpaired) electrons. The Bertz CT molecular complexity index is 1150. The zero-order chi connectivity index (χ0) is 19.0. The lowest BCUT2D eigenvalue weighted by Crippen LogP contribution is -1.87. The van der Waals surface area contributed by atoms with Crippen LogP contribution in [-0.4, -0.2) is 21.3 Å². The first-order valence-corrected chi connectivity index (χ1v) is 9.23. The highest BCUT2D eigenvalue weighted by Gasteiger charge is 2.13. The van der Waals surface area contributed by atoms with Gasteiger partial charge < -0.3 is 9.52 Å². The molecular formula is C20H13BrClN3O2. The number of hydrogen-bond donors (Lipinski definition) is 1. The average Bonchev–Trinajstić information content (AvgIpc) is 3.08. The van der Waals surface area contributed by atoms with Crippen LogP contribution in [0.2, 0.25) is 5.02 Å². The highest BCUT2D eigenvalue weighted by Crippen LogP contribution is 2.33. The molecule has 0 saturated heterocycles. The summed E-state index contributed by atoms with van der Waals surface area (Å²) in [5.74, 6) is 0.481. The van der Waals surface area contributed by atoms with E-state index < -0.39 is 0 Å². The van der Waals surface area contributed by atoms with E-state index in [-0.39, 0.29) is 10.8 Å². The molecule has 0 atom stereocenters. The molecule has 134 valence electrons. The van der Waals surface area contributed by atoms with Gasteiger partial charge in [0.15, 0.2) is 11.2 Å². The lowest BCUT2D eigenvalue weighted by molar-refractivity contribution is 0.474. The van der Waals surface area contributed by atoms with E-state index in [1.54, 1.807) is 30.6 Å². The molecule has 5 nitrogen and oxygen atoms in total. The van der Waals surface area contributed by atoms with Gasteiger partial charge in [-0.25, -0.2) is 4.98 Å². The Morgan fingerprint density at radius 2 is 2.07 bits per heavy atom. The largest absolute Gasteiger partial charge is 0.506 e. The number of benzene rings is 2. The summed E-state index contributed by atoms with van der Waals surface area (Å²) in [5, 5.41) is 10.4. The standard InChI is InChI=1S/C20H13BrClN3O2/c1-11-14(20-25-19-17(27-20)6-3-7-23-19)4-2-5-16(11)24-10-12-8-13(21)9-15(22)18(12)26/h2-10,26H,1H3. The van der Waals surface area contributed by atoms with Gasteiger partial charge in [0.05, 0.1) is 10.7 Å². The number of rotatable bonds is 3. The number of halogens is 2. The second kappa shape index (κ2) is 7.13. The molecule has 0 fully saturated rings. The minimum absolute atomic E-state index is 0.0116. The third-order valence-electron chi connectivity index (χ3n) is 4.10. The maximum atomic E-state index is 10.1. The summed E-state index contributed by atoms with van der Waals surface area (Å²) in [7, 11) is 0. The Morgan fingerprint density at radius 1 is 1.22 bits per heavy atom. The predicted octanol–water partition coefficient (Wildman–Crippen LogP) is 6.07. The quantitative estimate of drug-likeness (QED) is 0.391. The summed E-state index contributed by atoms with van der Waals surface area (Å²) >= 11 is 9.37. The molecule has 27 heavy (non-hydrogen) atoms.